The zero-order valence-corrected chi connectivity index (χ0v) is 16.6. The van der Waals surface area contributed by atoms with Crippen LogP contribution in [0.1, 0.15) is 29.4 Å². The Morgan fingerprint density at radius 2 is 1.90 bits per heavy atom. The van der Waals surface area contributed by atoms with Crippen LogP contribution in [0, 0.1) is 6.92 Å². The van der Waals surface area contributed by atoms with Crippen molar-refractivity contribution in [3.05, 3.63) is 85.9 Å². The molecule has 4 rings (SSSR count). The number of carbonyl (C=O) groups excluding carboxylic acids is 1. The lowest BCUT2D eigenvalue weighted by atomic mass is 10.1. The number of hydrogen-bond acceptors (Lipinski definition) is 6. The normalized spacial score (nSPS) is 12.1. The molecular formula is C22H17N3O3S. The van der Waals surface area contributed by atoms with E-state index < -0.39 is 5.97 Å². The number of ether oxygens (including phenoxy) is 1. The van der Waals surface area contributed by atoms with Crippen molar-refractivity contribution >= 4 is 40.5 Å². The van der Waals surface area contributed by atoms with Crippen molar-refractivity contribution in [3.63, 3.8) is 0 Å². The van der Waals surface area contributed by atoms with Gasteiger partial charge in [0.25, 0.3) is 5.56 Å². The van der Waals surface area contributed by atoms with Crippen molar-refractivity contribution in [3.8, 4) is 5.75 Å². The van der Waals surface area contributed by atoms with Crippen molar-refractivity contribution in [1.82, 2.24) is 14.6 Å². The fraction of sp³-hybridized carbons (Fsp3) is 0.0909. The predicted molar refractivity (Wildman–Crippen MR) is 114 cm³/mol. The summed E-state index contributed by atoms with van der Waals surface area (Å²) in [6.45, 7) is 3.38. The minimum atomic E-state index is -0.392. The van der Waals surface area contributed by atoms with Gasteiger partial charge in [0.05, 0.1) is 4.53 Å². The Bertz CT molecular complexity index is 1330. The van der Waals surface area contributed by atoms with Crippen LogP contribution in [0.4, 0.5) is 0 Å². The van der Waals surface area contributed by atoms with Crippen LogP contribution >= 0.6 is 11.3 Å². The van der Waals surface area contributed by atoms with Gasteiger partial charge in [-0.2, -0.15) is 9.50 Å². The van der Waals surface area contributed by atoms with Gasteiger partial charge in [-0.3, -0.25) is 9.59 Å². The van der Waals surface area contributed by atoms with Crippen molar-refractivity contribution < 1.29 is 9.53 Å². The molecule has 0 saturated heterocycles. The molecular weight excluding hydrogens is 386 g/mol. The summed E-state index contributed by atoms with van der Waals surface area (Å²) >= 11 is 1.26. The SMILES string of the molecule is CC(=O)Oc1cccc(/C=c2\sc3nc(/C=C/c4ccc(C)cc4)nn3c2=O)c1. The Balaban J connectivity index is 1.63. The highest BCUT2D eigenvalue weighted by Gasteiger charge is 2.09. The van der Waals surface area contributed by atoms with E-state index in [1.165, 1.54) is 28.3 Å². The Hall–Kier alpha value is -3.58. The highest BCUT2D eigenvalue weighted by Crippen LogP contribution is 2.14. The first kappa shape index (κ1) is 18.8. The lowest BCUT2D eigenvalue weighted by Gasteiger charge is -2.01. The molecule has 4 aromatic rings. The molecule has 0 spiro atoms. The zero-order chi connectivity index (χ0) is 20.4. The summed E-state index contributed by atoms with van der Waals surface area (Å²) in [7, 11) is 0. The van der Waals surface area contributed by atoms with Crippen molar-refractivity contribution in [2.45, 2.75) is 13.8 Å². The van der Waals surface area contributed by atoms with Gasteiger partial charge >= 0.3 is 5.97 Å². The van der Waals surface area contributed by atoms with Crippen LogP contribution in [-0.2, 0) is 4.79 Å². The Kier molecular flexibility index (Phi) is 5.05. The van der Waals surface area contributed by atoms with Crippen molar-refractivity contribution in [1.29, 1.82) is 0 Å². The van der Waals surface area contributed by atoms with Crippen LogP contribution in [0.15, 0.2) is 53.3 Å². The molecule has 0 radical (unpaired) electrons. The fourth-order valence-corrected chi connectivity index (χ4v) is 3.67. The summed E-state index contributed by atoms with van der Waals surface area (Å²) in [4.78, 5) is 28.7. The number of thiazole rings is 1. The van der Waals surface area contributed by atoms with E-state index in [1.807, 2.05) is 43.3 Å². The first-order chi connectivity index (χ1) is 14.0. The van der Waals surface area contributed by atoms with Crippen LogP contribution in [0.5, 0.6) is 5.75 Å². The molecule has 2 heterocycles. The quantitative estimate of drug-likeness (QED) is 0.387. The number of aromatic nitrogens is 3. The third kappa shape index (κ3) is 4.30. The van der Waals surface area contributed by atoms with Gasteiger partial charge in [0.15, 0.2) is 5.82 Å². The number of rotatable bonds is 4. The molecule has 0 aliphatic rings. The van der Waals surface area contributed by atoms with Gasteiger partial charge < -0.3 is 4.74 Å². The largest absolute Gasteiger partial charge is 0.427 e. The molecule has 7 heteroatoms. The first-order valence-electron chi connectivity index (χ1n) is 8.92. The van der Waals surface area contributed by atoms with E-state index in [0.717, 1.165) is 11.1 Å². The predicted octanol–water partition coefficient (Wildman–Crippen LogP) is 3.10. The van der Waals surface area contributed by atoms with E-state index in [2.05, 4.69) is 10.1 Å². The average Bonchev–Trinajstić information content (AvgIpc) is 3.20. The summed E-state index contributed by atoms with van der Waals surface area (Å²) in [5.41, 5.74) is 2.76. The molecule has 0 N–H and O–H groups in total. The minimum Gasteiger partial charge on any atom is -0.427 e. The zero-order valence-electron chi connectivity index (χ0n) is 15.8. The smallest absolute Gasteiger partial charge is 0.308 e. The highest BCUT2D eigenvalue weighted by molar-refractivity contribution is 7.15. The van der Waals surface area contributed by atoms with Gasteiger partial charge in [-0.1, -0.05) is 59.4 Å². The van der Waals surface area contributed by atoms with Crippen LogP contribution in [0.2, 0.25) is 0 Å². The molecule has 29 heavy (non-hydrogen) atoms. The molecule has 2 aromatic carbocycles. The number of carbonyl (C=O) groups is 1. The van der Waals surface area contributed by atoms with Gasteiger partial charge in [0.1, 0.15) is 5.75 Å². The molecule has 0 unspecified atom stereocenters. The maximum atomic E-state index is 12.7. The monoisotopic (exact) mass is 403 g/mol. The molecule has 0 atom stereocenters. The van der Waals surface area contributed by atoms with Gasteiger partial charge in [0, 0.05) is 6.92 Å². The molecule has 0 aliphatic heterocycles. The van der Waals surface area contributed by atoms with Crippen LogP contribution in [-0.4, -0.2) is 20.6 Å². The number of hydrogen-bond donors (Lipinski definition) is 0. The number of esters is 1. The van der Waals surface area contributed by atoms with Crippen LogP contribution in [0.25, 0.3) is 23.2 Å². The molecule has 0 saturated carbocycles. The molecule has 6 nitrogen and oxygen atoms in total. The summed E-state index contributed by atoms with van der Waals surface area (Å²) < 4.78 is 6.90. The van der Waals surface area contributed by atoms with Crippen molar-refractivity contribution in [2.24, 2.45) is 0 Å². The van der Waals surface area contributed by atoms with Gasteiger partial charge in [-0.05, 0) is 42.3 Å². The topological polar surface area (TPSA) is 73.6 Å². The Morgan fingerprint density at radius 1 is 1.10 bits per heavy atom. The molecule has 0 amide bonds. The second-order valence-corrected chi connectivity index (χ2v) is 7.50. The van der Waals surface area contributed by atoms with E-state index >= 15 is 0 Å². The molecule has 0 fully saturated rings. The van der Waals surface area contributed by atoms with Gasteiger partial charge in [0.2, 0.25) is 4.96 Å². The number of fused-ring (bicyclic) bond motifs is 1. The Labute approximate surface area is 170 Å². The standard InChI is InChI=1S/C22H17N3O3S/c1-14-6-8-16(9-7-14)10-11-20-23-22-25(24-20)21(27)19(29-22)13-17-4-3-5-18(12-17)28-15(2)26/h3-13H,1-2H3/b11-10+,19-13-. The molecule has 0 bridgehead atoms. The fourth-order valence-electron chi connectivity index (χ4n) is 2.75. The average molecular weight is 403 g/mol. The summed E-state index contributed by atoms with van der Waals surface area (Å²) in [6, 6.07) is 15.1. The van der Waals surface area contributed by atoms with E-state index in [-0.39, 0.29) is 5.56 Å². The molecule has 0 aliphatic carbocycles. The highest BCUT2D eigenvalue weighted by atomic mass is 32.1. The first-order valence-corrected chi connectivity index (χ1v) is 9.74. The number of aryl methyl sites for hydroxylation is 1. The third-order valence-corrected chi connectivity index (χ3v) is 5.08. The molecule has 2 aromatic heterocycles. The van der Waals surface area contributed by atoms with E-state index in [9.17, 15) is 9.59 Å². The summed E-state index contributed by atoms with van der Waals surface area (Å²) in [5, 5.41) is 4.29. The third-order valence-electron chi connectivity index (χ3n) is 4.12. The second kappa shape index (κ2) is 7.81. The summed E-state index contributed by atoms with van der Waals surface area (Å²) in [6.07, 6.45) is 5.44. The summed E-state index contributed by atoms with van der Waals surface area (Å²) in [5.74, 6) is 0.524. The molecule has 144 valence electrons. The van der Waals surface area contributed by atoms with Crippen LogP contribution in [0.3, 0.4) is 0 Å². The maximum absolute atomic E-state index is 12.7. The minimum absolute atomic E-state index is 0.231. The van der Waals surface area contributed by atoms with E-state index in [0.29, 0.717) is 21.1 Å². The maximum Gasteiger partial charge on any atom is 0.308 e. The number of nitrogens with zero attached hydrogens (tertiary/aromatic N) is 3. The Morgan fingerprint density at radius 3 is 2.62 bits per heavy atom. The van der Waals surface area contributed by atoms with Gasteiger partial charge in [-0.25, -0.2) is 0 Å². The van der Waals surface area contributed by atoms with E-state index in [1.54, 1.807) is 30.4 Å². The van der Waals surface area contributed by atoms with Crippen LogP contribution < -0.4 is 14.8 Å². The van der Waals surface area contributed by atoms with Crippen molar-refractivity contribution in [2.75, 3.05) is 0 Å². The number of benzene rings is 2. The van der Waals surface area contributed by atoms with Gasteiger partial charge in [-0.15, -0.1) is 5.10 Å². The lowest BCUT2D eigenvalue weighted by Crippen LogP contribution is -2.23. The second-order valence-electron chi connectivity index (χ2n) is 6.49. The lowest BCUT2D eigenvalue weighted by molar-refractivity contribution is -0.131. The van der Waals surface area contributed by atoms with E-state index in [4.69, 9.17) is 4.74 Å².